The quantitative estimate of drug-likeness (QED) is 0.415. The van der Waals surface area contributed by atoms with Gasteiger partial charge in [-0.15, -0.1) is 0 Å². The van der Waals surface area contributed by atoms with Crippen LogP contribution in [-0.2, 0) is 0 Å². The smallest absolute Gasteiger partial charge is 0.274 e. The monoisotopic (exact) mass is 499 g/mol. The second kappa shape index (κ2) is 9.93. The fourth-order valence-corrected chi connectivity index (χ4v) is 4.99. The van der Waals surface area contributed by atoms with Gasteiger partial charge < -0.3 is 19.3 Å². The van der Waals surface area contributed by atoms with Crippen LogP contribution >= 0.6 is 0 Å². The summed E-state index contributed by atoms with van der Waals surface area (Å²) in [6.07, 6.45) is 1.69. The number of aromatic nitrogens is 3. The van der Waals surface area contributed by atoms with Gasteiger partial charge in [-0.2, -0.15) is 5.10 Å². The maximum absolute atomic E-state index is 13.5. The molecule has 0 aliphatic carbocycles. The number of hydrogen-bond donors (Lipinski definition) is 0. The minimum Gasteiger partial charge on any atom is -0.493 e. The Morgan fingerprint density at radius 3 is 2.24 bits per heavy atom. The first kappa shape index (κ1) is 24.3. The molecule has 1 fully saturated rings. The number of carbonyl (C=O) groups excluding carboxylic acids is 2. The van der Waals surface area contributed by atoms with Gasteiger partial charge in [0.1, 0.15) is 0 Å². The molecule has 1 aliphatic rings. The lowest BCUT2D eigenvalue weighted by Crippen LogP contribution is -2.59. The van der Waals surface area contributed by atoms with Crippen molar-refractivity contribution in [2.24, 2.45) is 0 Å². The van der Waals surface area contributed by atoms with Crippen molar-refractivity contribution in [3.63, 3.8) is 0 Å². The number of rotatable bonds is 5. The van der Waals surface area contributed by atoms with Gasteiger partial charge >= 0.3 is 0 Å². The SMILES string of the molecule is COc1ccc(-c2ccnc3cc(C(=O)N4C[C@H](C)N(C(=O)c5ccccc5)[C@@H](C)C4)nn23)cc1OC. The predicted molar refractivity (Wildman–Crippen MR) is 139 cm³/mol. The zero-order valence-electron chi connectivity index (χ0n) is 21.3. The molecule has 2 aromatic heterocycles. The summed E-state index contributed by atoms with van der Waals surface area (Å²) in [5.74, 6) is 1.01. The fourth-order valence-electron chi connectivity index (χ4n) is 4.99. The van der Waals surface area contributed by atoms with Crippen molar-refractivity contribution in [1.82, 2.24) is 24.4 Å². The number of fused-ring (bicyclic) bond motifs is 1. The van der Waals surface area contributed by atoms with Crippen molar-refractivity contribution in [2.45, 2.75) is 25.9 Å². The molecule has 0 spiro atoms. The first-order valence-electron chi connectivity index (χ1n) is 12.2. The third kappa shape index (κ3) is 4.48. The Balaban J connectivity index is 1.40. The van der Waals surface area contributed by atoms with Gasteiger partial charge in [0.05, 0.1) is 19.9 Å². The highest BCUT2D eigenvalue weighted by Crippen LogP contribution is 2.32. The van der Waals surface area contributed by atoms with E-state index in [1.54, 1.807) is 35.9 Å². The highest BCUT2D eigenvalue weighted by atomic mass is 16.5. The molecule has 4 aromatic rings. The summed E-state index contributed by atoms with van der Waals surface area (Å²) < 4.78 is 12.5. The number of nitrogens with zero attached hydrogens (tertiary/aromatic N) is 5. The summed E-state index contributed by atoms with van der Waals surface area (Å²) in [7, 11) is 3.18. The molecule has 2 aromatic carbocycles. The van der Waals surface area contributed by atoms with Crippen LogP contribution in [0, 0.1) is 0 Å². The Kier molecular flexibility index (Phi) is 6.52. The summed E-state index contributed by atoms with van der Waals surface area (Å²) in [4.78, 5) is 34.7. The van der Waals surface area contributed by atoms with E-state index in [0.717, 1.165) is 11.3 Å². The van der Waals surface area contributed by atoms with Gasteiger partial charge in [0.15, 0.2) is 22.8 Å². The highest BCUT2D eigenvalue weighted by molar-refractivity contribution is 5.96. The predicted octanol–water partition coefficient (Wildman–Crippen LogP) is 3.79. The van der Waals surface area contributed by atoms with Gasteiger partial charge in [-0.25, -0.2) is 9.50 Å². The van der Waals surface area contributed by atoms with E-state index in [2.05, 4.69) is 10.1 Å². The number of hydrogen-bond acceptors (Lipinski definition) is 6. The fraction of sp³-hybridized carbons (Fsp3) is 0.286. The standard InChI is InChI=1S/C28H29N5O4/c1-18-16-31(17-19(2)32(18)27(34)20-8-6-5-7-9-20)28(35)22-15-26-29-13-12-23(33(26)30-22)21-10-11-24(36-3)25(14-21)37-4/h5-15,18-19H,16-17H2,1-4H3/t18-,19-/m0/s1. The van der Waals surface area contributed by atoms with E-state index in [-0.39, 0.29) is 23.9 Å². The normalized spacial score (nSPS) is 17.6. The molecular weight excluding hydrogens is 470 g/mol. The molecule has 2 amide bonds. The molecule has 0 N–H and O–H groups in total. The Hall–Kier alpha value is -4.40. The van der Waals surface area contributed by atoms with Crippen LogP contribution in [0.1, 0.15) is 34.7 Å². The zero-order valence-corrected chi connectivity index (χ0v) is 21.3. The topological polar surface area (TPSA) is 89.3 Å². The van der Waals surface area contributed by atoms with Crippen molar-refractivity contribution in [2.75, 3.05) is 27.3 Å². The molecule has 0 unspecified atom stereocenters. The molecule has 5 rings (SSSR count). The second-order valence-electron chi connectivity index (χ2n) is 9.19. The van der Waals surface area contributed by atoms with Gasteiger partial charge in [-0.05, 0) is 50.2 Å². The van der Waals surface area contributed by atoms with Crippen LogP contribution in [0.4, 0.5) is 0 Å². The molecule has 1 saturated heterocycles. The van der Waals surface area contributed by atoms with Crippen molar-refractivity contribution in [1.29, 1.82) is 0 Å². The average molecular weight is 500 g/mol. The van der Waals surface area contributed by atoms with Crippen molar-refractivity contribution >= 4 is 17.5 Å². The van der Waals surface area contributed by atoms with Crippen LogP contribution in [0.3, 0.4) is 0 Å². The molecule has 0 saturated carbocycles. The summed E-state index contributed by atoms with van der Waals surface area (Å²) >= 11 is 0. The van der Waals surface area contributed by atoms with Gasteiger partial charge in [0.25, 0.3) is 11.8 Å². The van der Waals surface area contributed by atoms with Crippen LogP contribution in [0.5, 0.6) is 11.5 Å². The van der Waals surface area contributed by atoms with E-state index in [1.165, 1.54) is 0 Å². The molecule has 2 atom stereocenters. The van der Waals surface area contributed by atoms with E-state index in [9.17, 15) is 9.59 Å². The highest BCUT2D eigenvalue weighted by Gasteiger charge is 2.36. The molecule has 0 radical (unpaired) electrons. The van der Waals surface area contributed by atoms with Gasteiger partial charge in [-0.1, -0.05) is 18.2 Å². The molecular formula is C28H29N5O4. The lowest BCUT2D eigenvalue weighted by Gasteiger charge is -2.44. The van der Waals surface area contributed by atoms with E-state index in [0.29, 0.717) is 41.5 Å². The maximum Gasteiger partial charge on any atom is 0.274 e. The Morgan fingerprint density at radius 2 is 1.57 bits per heavy atom. The van der Waals surface area contributed by atoms with Crippen LogP contribution in [0.15, 0.2) is 66.9 Å². The summed E-state index contributed by atoms with van der Waals surface area (Å²) in [5, 5.41) is 4.62. The minimum absolute atomic E-state index is 0.0239. The Morgan fingerprint density at radius 1 is 0.865 bits per heavy atom. The van der Waals surface area contributed by atoms with Crippen molar-refractivity contribution in [3.05, 3.63) is 78.1 Å². The second-order valence-corrected chi connectivity index (χ2v) is 9.19. The van der Waals surface area contributed by atoms with Crippen LogP contribution in [0.25, 0.3) is 16.9 Å². The van der Waals surface area contributed by atoms with Gasteiger partial charge in [0, 0.05) is 48.6 Å². The van der Waals surface area contributed by atoms with Gasteiger partial charge in [-0.3, -0.25) is 9.59 Å². The van der Waals surface area contributed by atoms with Crippen LogP contribution in [0.2, 0.25) is 0 Å². The lowest BCUT2D eigenvalue weighted by atomic mass is 10.0. The van der Waals surface area contributed by atoms with Crippen LogP contribution < -0.4 is 9.47 Å². The lowest BCUT2D eigenvalue weighted by molar-refractivity contribution is 0.0252. The minimum atomic E-state index is -0.186. The van der Waals surface area contributed by atoms with E-state index < -0.39 is 0 Å². The molecule has 9 nitrogen and oxygen atoms in total. The first-order valence-corrected chi connectivity index (χ1v) is 12.2. The molecule has 3 heterocycles. The number of benzene rings is 2. The average Bonchev–Trinajstić information content (AvgIpc) is 3.36. The number of ether oxygens (including phenoxy) is 2. The van der Waals surface area contributed by atoms with E-state index >= 15 is 0 Å². The van der Waals surface area contributed by atoms with Crippen molar-refractivity contribution in [3.8, 4) is 22.8 Å². The number of piperazine rings is 1. The van der Waals surface area contributed by atoms with E-state index in [1.807, 2.05) is 73.3 Å². The summed E-state index contributed by atoms with van der Waals surface area (Å²) in [6.45, 7) is 4.78. The van der Waals surface area contributed by atoms with Crippen LogP contribution in [-0.4, -0.2) is 75.6 Å². The van der Waals surface area contributed by atoms with E-state index in [4.69, 9.17) is 9.47 Å². The number of amides is 2. The summed E-state index contributed by atoms with van der Waals surface area (Å²) in [5.41, 5.74) is 3.14. The molecule has 190 valence electrons. The number of carbonyl (C=O) groups is 2. The molecule has 1 aliphatic heterocycles. The van der Waals surface area contributed by atoms with Gasteiger partial charge in [0.2, 0.25) is 0 Å². The first-order chi connectivity index (χ1) is 17.9. The third-order valence-electron chi connectivity index (χ3n) is 6.72. The molecule has 0 bridgehead atoms. The molecule has 37 heavy (non-hydrogen) atoms. The Bertz CT molecular complexity index is 1440. The molecule has 9 heteroatoms. The zero-order chi connectivity index (χ0) is 26.1. The van der Waals surface area contributed by atoms with Crippen molar-refractivity contribution < 1.29 is 19.1 Å². The summed E-state index contributed by atoms with van der Waals surface area (Å²) in [6, 6.07) is 18.1. The third-order valence-corrected chi connectivity index (χ3v) is 6.72. The maximum atomic E-state index is 13.5. The number of methoxy groups -OCH3 is 2. The largest absolute Gasteiger partial charge is 0.493 e. The Labute approximate surface area is 215 Å².